The van der Waals surface area contributed by atoms with Gasteiger partial charge in [-0.2, -0.15) is 0 Å². The van der Waals surface area contributed by atoms with Crippen molar-refractivity contribution in [1.29, 1.82) is 0 Å². The van der Waals surface area contributed by atoms with Gasteiger partial charge in [0.1, 0.15) is 0 Å². The van der Waals surface area contributed by atoms with Crippen molar-refractivity contribution in [3.63, 3.8) is 0 Å². The molecule has 2 rings (SSSR count). The fourth-order valence-corrected chi connectivity index (χ4v) is 1.69. The van der Waals surface area contributed by atoms with Crippen molar-refractivity contribution in [1.82, 2.24) is 10.2 Å². The monoisotopic (exact) mass is 260 g/mol. The predicted molar refractivity (Wildman–Crippen MR) is 69.0 cm³/mol. The zero-order valence-electron chi connectivity index (χ0n) is 11.3. The highest BCUT2D eigenvalue weighted by atomic mass is 16.5. The van der Waals surface area contributed by atoms with Crippen LogP contribution in [0.15, 0.2) is 22.6 Å². The number of ether oxygens (including phenoxy) is 1. The number of hydrogen-bond donors (Lipinski definition) is 0. The molecule has 5 heteroatoms. The Labute approximate surface area is 111 Å². The summed E-state index contributed by atoms with van der Waals surface area (Å²) in [7, 11) is 0. The van der Waals surface area contributed by atoms with Gasteiger partial charge in [0.15, 0.2) is 0 Å². The highest BCUT2D eigenvalue weighted by Gasteiger charge is 2.15. The maximum Gasteiger partial charge on any atom is 0.396 e. The number of aromatic nitrogens is 2. The maximum absolute atomic E-state index is 11.4. The predicted octanol–water partition coefficient (Wildman–Crippen LogP) is 2.45. The minimum absolute atomic E-state index is 0.0966. The first kappa shape index (κ1) is 13.3. The van der Waals surface area contributed by atoms with Crippen molar-refractivity contribution in [2.75, 3.05) is 6.61 Å². The minimum Gasteiger partial charge on any atom is -0.459 e. The first-order chi connectivity index (χ1) is 9.10. The van der Waals surface area contributed by atoms with Crippen LogP contribution in [0.2, 0.25) is 0 Å². The number of benzene rings is 1. The van der Waals surface area contributed by atoms with E-state index in [1.165, 1.54) is 11.1 Å². The first-order valence-corrected chi connectivity index (χ1v) is 6.15. The molecule has 0 saturated heterocycles. The molecular formula is C14H16N2O3. The molecule has 0 unspecified atom stereocenters. The van der Waals surface area contributed by atoms with Crippen LogP contribution in [-0.4, -0.2) is 22.8 Å². The van der Waals surface area contributed by atoms with Crippen LogP contribution in [0, 0.1) is 13.8 Å². The zero-order chi connectivity index (χ0) is 13.8. The molecule has 0 saturated carbocycles. The molecule has 0 aliphatic heterocycles. The van der Waals surface area contributed by atoms with E-state index in [-0.39, 0.29) is 12.5 Å². The molecule has 0 atom stereocenters. The second-order valence-electron chi connectivity index (χ2n) is 4.32. The van der Waals surface area contributed by atoms with Crippen LogP contribution >= 0.6 is 0 Å². The van der Waals surface area contributed by atoms with E-state index in [1.807, 2.05) is 12.1 Å². The van der Waals surface area contributed by atoms with Gasteiger partial charge < -0.3 is 9.15 Å². The number of rotatable bonds is 4. The number of carbonyl (C=O) groups is 1. The molecule has 0 aliphatic carbocycles. The Bertz CT molecular complexity index is 590. The standard InChI is InChI=1S/C14H16N2O3/c1-4-18-14(17)13-16-15-12(19-13)8-11-6-5-9(2)10(3)7-11/h5-7H,4,8H2,1-3H3. The molecule has 2 aromatic rings. The summed E-state index contributed by atoms with van der Waals surface area (Å²) in [6.45, 7) is 6.12. The Kier molecular flexibility index (Phi) is 3.94. The lowest BCUT2D eigenvalue weighted by Gasteiger charge is -2.02. The Hall–Kier alpha value is -2.17. The van der Waals surface area contributed by atoms with E-state index in [1.54, 1.807) is 6.92 Å². The molecule has 0 amide bonds. The molecule has 0 spiro atoms. The summed E-state index contributed by atoms with van der Waals surface area (Å²) in [4.78, 5) is 11.4. The molecule has 100 valence electrons. The smallest absolute Gasteiger partial charge is 0.396 e. The Balaban J connectivity index is 2.11. The zero-order valence-corrected chi connectivity index (χ0v) is 11.3. The third kappa shape index (κ3) is 3.19. The van der Waals surface area contributed by atoms with E-state index >= 15 is 0 Å². The fraction of sp³-hybridized carbons (Fsp3) is 0.357. The average Bonchev–Trinajstić information content (AvgIpc) is 2.83. The van der Waals surface area contributed by atoms with Crippen LogP contribution in [0.3, 0.4) is 0 Å². The number of esters is 1. The van der Waals surface area contributed by atoms with Crippen LogP contribution in [0.25, 0.3) is 0 Å². The van der Waals surface area contributed by atoms with Gasteiger partial charge in [-0.15, -0.1) is 10.2 Å². The minimum atomic E-state index is -0.582. The number of carbonyl (C=O) groups excluding carboxylic acids is 1. The quantitative estimate of drug-likeness (QED) is 0.790. The third-order valence-corrected chi connectivity index (χ3v) is 2.84. The molecule has 1 heterocycles. The van der Waals surface area contributed by atoms with Crippen molar-refractivity contribution in [3.05, 3.63) is 46.7 Å². The number of hydrogen-bond acceptors (Lipinski definition) is 5. The van der Waals surface area contributed by atoms with Gasteiger partial charge in [0.2, 0.25) is 5.89 Å². The molecule has 0 radical (unpaired) electrons. The largest absolute Gasteiger partial charge is 0.459 e. The molecule has 0 N–H and O–H groups in total. The van der Waals surface area contributed by atoms with Crippen LogP contribution in [-0.2, 0) is 11.2 Å². The van der Waals surface area contributed by atoms with Crippen molar-refractivity contribution in [2.45, 2.75) is 27.2 Å². The van der Waals surface area contributed by atoms with Crippen LogP contribution in [0.5, 0.6) is 0 Å². The number of aryl methyl sites for hydroxylation is 2. The Morgan fingerprint density at radius 3 is 2.74 bits per heavy atom. The van der Waals surface area contributed by atoms with Crippen LogP contribution < -0.4 is 0 Å². The van der Waals surface area contributed by atoms with Gasteiger partial charge in [-0.25, -0.2) is 4.79 Å². The van der Waals surface area contributed by atoms with E-state index in [4.69, 9.17) is 9.15 Å². The number of nitrogens with zero attached hydrogens (tertiary/aromatic N) is 2. The SMILES string of the molecule is CCOC(=O)c1nnc(Cc2ccc(C)c(C)c2)o1. The first-order valence-electron chi connectivity index (χ1n) is 6.15. The van der Waals surface area contributed by atoms with Crippen molar-refractivity contribution < 1.29 is 13.9 Å². The van der Waals surface area contributed by atoms with Gasteiger partial charge >= 0.3 is 11.9 Å². The molecule has 19 heavy (non-hydrogen) atoms. The summed E-state index contributed by atoms with van der Waals surface area (Å²) >= 11 is 0. The van der Waals surface area contributed by atoms with E-state index < -0.39 is 5.97 Å². The third-order valence-electron chi connectivity index (χ3n) is 2.84. The lowest BCUT2D eigenvalue weighted by Crippen LogP contribution is -2.04. The highest BCUT2D eigenvalue weighted by molar-refractivity contribution is 5.83. The van der Waals surface area contributed by atoms with E-state index in [2.05, 4.69) is 30.1 Å². The highest BCUT2D eigenvalue weighted by Crippen LogP contribution is 2.13. The molecule has 1 aromatic heterocycles. The second-order valence-corrected chi connectivity index (χ2v) is 4.32. The Morgan fingerprint density at radius 1 is 1.26 bits per heavy atom. The van der Waals surface area contributed by atoms with E-state index in [0.29, 0.717) is 12.3 Å². The molecule has 5 nitrogen and oxygen atoms in total. The van der Waals surface area contributed by atoms with Gasteiger partial charge in [-0.05, 0) is 37.5 Å². The topological polar surface area (TPSA) is 65.2 Å². The van der Waals surface area contributed by atoms with Crippen molar-refractivity contribution in [2.24, 2.45) is 0 Å². The fourth-order valence-electron chi connectivity index (χ4n) is 1.69. The lowest BCUT2D eigenvalue weighted by atomic mass is 10.0. The van der Waals surface area contributed by atoms with E-state index in [9.17, 15) is 4.79 Å². The average molecular weight is 260 g/mol. The molecule has 0 aliphatic rings. The summed E-state index contributed by atoms with van der Waals surface area (Å²) in [6, 6.07) is 6.13. The summed E-state index contributed by atoms with van der Waals surface area (Å²) in [6.07, 6.45) is 0.507. The van der Waals surface area contributed by atoms with Gasteiger partial charge in [0.05, 0.1) is 13.0 Å². The van der Waals surface area contributed by atoms with E-state index in [0.717, 1.165) is 5.56 Å². The van der Waals surface area contributed by atoms with Gasteiger partial charge in [0, 0.05) is 0 Å². The summed E-state index contributed by atoms with van der Waals surface area (Å²) in [5, 5.41) is 7.53. The van der Waals surface area contributed by atoms with Crippen LogP contribution in [0.1, 0.15) is 40.2 Å². The molecule has 0 bridgehead atoms. The maximum atomic E-state index is 11.4. The summed E-state index contributed by atoms with van der Waals surface area (Å²) in [5.41, 5.74) is 3.52. The Morgan fingerprint density at radius 2 is 2.05 bits per heavy atom. The van der Waals surface area contributed by atoms with Crippen molar-refractivity contribution in [3.8, 4) is 0 Å². The molecular weight excluding hydrogens is 244 g/mol. The lowest BCUT2D eigenvalue weighted by molar-refractivity contribution is 0.0479. The van der Waals surface area contributed by atoms with Crippen LogP contribution in [0.4, 0.5) is 0 Å². The summed E-state index contributed by atoms with van der Waals surface area (Å²) in [5.74, 6) is -0.270. The molecule has 1 aromatic carbocycles. The van der Waals surface area contributed by atoms with Crippen molar-refractivity contribution >= 4 is 5.97 Å². The van der Waals surface area contributed by atoms with Gasteiger partial charge in [0.25, 0.3) is 0 Å². The summed E-state index contributed by atoms with van der Waals surface area (Å²) < 4.78 is 10.1. The van der Waals surface area contributed by atoms with Gasteiger partial charge in [-0.1, -0.05) is 18.2 Å². The molecule has 0 fully saturated rings. The normalized spacial score (nSPS) is 10.5. The second kappa shape index (κ2) is 5.65. The van der Waals surface area contributed by atoms with Gasteiger partial charge in [-0.3, -0.25) is 0 Å².